The number of aromatic amines is 1. The monoisotopic (exact) mass is 371 g/mol. The summed E-state index contributed by atoms with van der Waals surface area (Å²) < 4.78 is 5.41. The van der Waals surface area contributed by atoms with Gasteiger partial charge in [0.05, 0.1) is 22.8 Å². The smallest absolute Gasteiger partial charge is 0.338 e. The number of thioether (sulfide) groups is 1. The van der Waals surface area contributed by atoms with Crippen molar-refractivity contribution >= 4 is 51.9 Å². The van der Waals surface area contributed by atoms with Crippen LogP contribution >= 0.6 is 24.0 Å². The number of hydrogen-bond acceptors (Lipinski definition) is 5. The van der Waals surface area contributed by atoms with E-state index < -0.39 is 0 Å². The lowest BCUT2D eigenvalue weighted by atomic mass is 10.2. The number of pyridine rings is 1. The summed E-state index contributed by atoms with van der Waals surface area (Å²) in [6.45, 7) is 2.07. The van der Waals surface area contributed by atoms with E-state index in [1.807, 2.05) is 18.2 Å². The number of nitrogens with zero attached hydrogens (tertiary/aromatic N) is 1. The SMILES string of the molecule is CCOC(=O)c1ccc(N2C(=O)C(=Cc3cccc[nH+]3)SC2=S)cc1. The molecule has 2 heterocycles. The molecule has 1 amide bonds. The molecule has 0 saturated carbocycles. The zero-order valence-corrected chi connectivity index (χ0v) is 15.0. The molecule has 1 saturated heterocycles. The maximum atomic E-state index is 12.7. The lowest BCUT2D eigenvalue weighted by molar-refractivity contribution is -0.380. The van der Waals surface area contributed by atoms with Crippen LogP contribution in [0.4, 0.5) is 5.69 Å². The molecular formula is C18H15N2O3S2+. The van der Waals surface area contributed by atoms with Gasteiger partial charge in [-0.05, 0) is 37.3 Å². The van der Waals surface area contributed by atoms with E-state index in [2.05, 4.69) is 4.98 Å². The fraction of sp³-hybridized carbons (Fsp3) is 0.111. The van der Waals surface area contributed by atoms with Crippen molar-refractivity contribution in [2.75, 3.05) is 11.5 Å². The minimum absolute atomic E-state index is 0.184. The van der Waals surface area contributed by atoms with Gasteiger partial charge in [-0.15, -0.1) is 0 Å². The van der Waals surface area contributed by atoms with Crippen LogP contribution in [-0.2, 0) is 9.53 Å². The lowest BCUT2D eigenvalue weighted by Gasteiger charge is -2.14. The molecule has 1 aliphatic heterocycles. The lowest BCUT2D eigenvalue weighted by Crippen LogP contribution is -2.27. The van der Waals surface area contributed by atoms with E-state index >= 15 is 0 Å². The average molecular weight is 371 g/mol. The Balaban J connectivity index is 1.83. The molecule has 0 bridgehead atoms. The maximum Gasteiger partial charge on any atom is 0.338 e. The molecule has 7 heteroatoms. The van der Waals surface area contributed by atoms with E-state index in [1.165, 1.54) is 16.7 Å². The van der Waals surface area contributed by atoms with Crippen molar-refractivity contribution in [2.45, 2.75) is 6.92 Å². The third-order valence-corrected chi connectivity index (χ3v) is 4.75. The Morgan fingerprint density at radius 1 is 1.28 bits per heavy atom. The molecule has 1 aromatic heterocycles. The summed E-state index contributed by atoms with van der Waals surface area (Å²) in [4.78, 5) is 29.5. The number of benzene rings is 1. The summed E-state index contributed by atoms with van der Waals surface area (Å²) in [5, 5.41) is 0. The minimum Gasteiger partial charge on any atom is -0.462 e. The van der Waals surface area contributed by atoms with Gasteiger partial charge in [0.15, 0.2) is 10.5 Å². The first kappa shape index (κ1) is 17.3. The highest BCUT2D eigenvalue weighted by atomic mass is 32.2. The van der Waals surface area contributed by atoms with E-state index in [9.17, 15) is 9.59 Å². The van der Waals surface area contributed by atoms with Crippen molar-refractivity contribution in [1.82, 2.24) is 0 Å². The number of aromatic nitrogens is 1. The van der Waals surface area contributed by atoms with Gasteiger partial charge in [0, 0.05) is 18.2 Å². The molecule has 126 valence electrons. The van der Waals surface area contributed by atoms with E-state index in [0.717, 1.165) is 5.69 Å². The molecule has 5 nitrogen and oxygen atoms in total. The normalized spacial score (nSPS) is 15.7. The number of ether oxygens (including phenoxy) is 1. The molecule has 3 rings (SSSR count). The third-order valence-electron chi connectivity index (χ3n) is 3.45. The van der Waals surface area contributed by atoms with Crippen LogP contribution < -0.4 is 9.88 Å². The molecule has 0 radical (unpaired) electrons. The highest BCUT2D eigenvalue weighted by Crippen LogP contribution is 2.35. The molecule has 0 aliphatic carbocycles. The maximum absolute atomic E-state index is 12.7. The van der Waals surface area contributed by atoms with Crippen LogP contribution in [0.3, 0.4) is 0 Å². The Hall–Kier alpha value is -2.51. The fourth-order valence-corrected chi connectivity index (χ4v) is 3.58. The number of esters is 1. The molecule has 1 N–H and O–H groups in total. The number of carbonyl (C=O) groups is 2. The Labute approximate surface area is 154 Å². The van der Waals surface area contributed by atoms with Gasteiger partial charge >= 0.3 is 5.97 Å². The zero-order chi connectivity index (χ0) is 17.8. The molecule has 25 heavy (non-hydrogen) atoms. The molecular weight excluding hydrogens is 356 g/mol. The molecule has 0 unspecified atom stereocenters. The first-order chi connectivity index (χ1) is 12.1. The summed E-state index contributed by atoms with van der Waals surface area (Å²) >= 11 is 6.59. The first-order valence-electron chi connectivity index (χ1n) is 7.62. The number of carbonyl (C=O) groups excluding carboxylic acids is 2. The van der Waals surface area contributed by atoms with E-state index in [1.54, 1.807) is 43.5 Å². The van der Waals surface area contributed by atoms with Crippen molar-refractivity contribution in [2.24, 2.45) is 0 Å². The minimum atomic E-state index is -0.390. The highest BCUT2D eigenvalue weighted by molar-refractivity contribution is 8.27. The zero-order valence-electron chi connectivity index (χ0n) is 13.4. The fourth-order valence-electron chi connectivity index (χ4n) is 2.29. The summed E-state index contributed by atoms with van der Waals surface area (Å²) in [6, 6.07) is 12.3. The first-order valence-corrected chi connectivity index (χ1v) is 8.84. The second-order valence-electron chi connectivity index (χ2n) is 5.10. The van der Waals surface area contributed by atoms with Gasteiger partial charge in [0.25, 0.3) is 5.91 Å². The van der Waals surface area contributed by atoms with E-state index in [-0.39, 0.29) is 11.9 Å². The van der Waals surface area contributed by atoms with Gasteiger partial charge < -0.3 is 4.74 Å². The number of nitrogens with one attached hydrogen (secondary N) is 1. The summed E-state index contributed by atoms with van der Waals surface area (Å²) in [7, 11) is 0. The predicted octanol–water partition coefficient (Wildman–Crippen LogP) is 3.08. The standard InChI is InChI=1S/C18H14N2O3S2/c1-2-23-17(22)12-6-8-14(9-7-12)20-16(21)15(25-18(20)24)11-13-5-3-4-10-19-13/h3-11H,2H2,1H3/p+1. The van der Waals surface area contributed by atoms with Crippen molar-refractivity contribution in [3.63, 3.8) is 0 Å². The van der Waals surface area contributed by atoms with Gasteiger partial charge in [-0.1, -0.05) is 24.0 Å². The summed E-state index contributed by atoms with van der Waals surface area (Å²) in [6.07, 6.45) is 3.56. The average Bonchev–Trinajstić information content (AvgIpc) is 2.90. The quantitative estimate of drug-likeness (QED) is 0.470. The van der Waals surface area contributed by atoms with Crippen LogP contribution in [0.1, 0.15) is 23.0 Å². The number of hydrogen-bond donors (Lipinski definition) is 0. The molecule has 1 aliphatic rings. The molecule has 0 spiro atoms. The van der Waals surface area contributed by atoms with Crippen molar-refractivity contribution in [3.05, 3.63) is 64.8 Å². The molecule has 0 atom stereocenters. The van der Waals surface area contributed by atoms with Crippen molar-refractivity contribution in [3.8, 4) is 0 Å². The van der Waals surface area contributed by atoms with Crippen LogP contribution in [0.15, 0.2) is 53.6 Å². The number of anilines is 1. The molecule has 1 aromatic carbocycles. The van der Waals surface area contributed by atoms with Crippen molar-refractivity contribution < 1.29 is 19.3 Å². The van der Waals surface area contributed by atoms with Gasteiger partial charge in [0.1, 0.15) is 0 Å². The van der Waals surface area contributed by atoms with Crippen LogP contribution in [0, 0.1) is 0 Å². The Bertz CT molecular complexity index is 848. The van der Waals surface area contributed by atoms with Crippen LogP contribution in [0.5, 0.6) is 0 Å². The topological polar surface area (TPSA) is 60.8 Å². The number of amides is 1. The van der Waals surface area contributed by atoms with Crippen LogP contribution in [0.25, 0.3) is 6.08 Å². The predicted molar refractivity (Wildman–Crippen MR) is 101 cm³/mol. The Kier molecular flexibility index (Phi) is 5.25. The summed E-state index contributed by atoms with van der Waals surface area (Å²) in [5.41, 5.74) is 1.88. The largest absolute Gasteiger partial charge is 0.462 e. The van der Waals surface area contributed by atoms with Gasteiger partial charge in [-0.2, -0.15) is 0 Å². The van der Waals surface area contributed by atoms with Crippen molar-refractivity contribution in [1.29, 1.82) is 0 Å². The number of H-pyrrole nitrogens is 1. The third kappa shape index (κ3) is 3.78. The van der Waals surface area contributed by atoms with E-state index in [0.29, 0.717) is 27.1 Å². The van der Waals surface area contributed by atoms with Gasteiger partial charge in [-0.25, -0.2) is 9.78 Å². The molecule has 1 fully saturated rings. The Morgan fingerprint density at radius 2 is 2.04 bits per heavy atom. The Morgan fingerprint density at radius 3 is 2.68 bits per heavy atom. The van der Waals surface area contributed by atoms with Crippen LogP contribution in [0.2, 0.25) is 0 Å². The second kappa shape index (κ2) is 7.58. The number of rotatable bonds is 4. The van der Waals surface area contributed by atoms with Gasteiger partial charge in [-0.3, -0.25) is 9.69 Å². The highest BCUT2D eigenvalue weighted by Gasteiger charge is 2.33. The van der Waals surface area contributed by atoms with Crippen LogP contribution in [-0.4, -0.2) is 22.8 Å². The molecule has 2 aromatic rings. The number of thiocarbonyl (C=S) groups is 1. The van der Waals surface area contributed by atoms with Gasteiger partial charge in [0.2, 0.25) is 5.69 Å². The second-order valence-corrected chi connectivity index (χ2v) is 6.78. The summed E-state index contributed by atoms with van der Waals surface area (Å²) in [5.74, 6) is -0.574. The van der Waals surface area contributed by atoms with E-state index in [4.69, 9.17) is 17.0 Å².